The molecule has 2 aromatic carbocycles. The number of benzene rings is 2. The third kappa shape index (κ3) is 2.30. The molecule has 1 nitrogen and oxygen atoms in total. The minimum Gasteiger partial charge on any atom is -0.326 e. The Morgan fingerprint density at radius 3 is 2.53 bits per heavy atom. The third-order valence-electron chi connectivity index (χ3n) is 2.52. The largest absolute Gasteiger partial charge is 0.326 e. The molecule has 17 heavy (non-hydrogen) atoms. The van der Waals surface area contributed by atoms with Gasteiger partial charge in [-0.05, 0) is 35.4 Å². The molecule has 88 valence electrons. The normalized spacial score (nSPS) is 10.6. The van der Waals surface area contributed by atoms with Gasteiger partial charge in [0.15, 0.2) is 0 Å². The van der Waals surface area contributed by atoms with Gasteiger partial charge in [-0.25, -0.2) is 8.78 Å². The molecule has 0 aliphatic carbocycles. The second-order valence-corrected chi connectivity index (χ2v) is 4.01. The van der Waals surface area contributed by atoms with Crippen LogP contribution in [0.5, 0.6) is 0 Å². The lowest BCUT2D eigenvalue weighted by Gasteiger charge is -2.10. The lowest BCUT2D eigenvalue weighted by molar-refractivity contribution is 0.624. The predicted molar refractivity (Wildman–Crippen MR) is 64.7 cm³/mol. The van der Waals surface area contributed by atoms with Gasteiger partial charge in [0.2, 0.25) is 0 Å². The molecule has 2 aromatic rings. The van der Waals surface area contributed by atoms with E-state index in [4.69, 9.17) is 17.3 Å². The Labute approximate surface area is 103 Å². The molecular formula is C13H10ClF2N. The van der Waals surface area contributed by atoms with E-state index in [1.54, 1.807) is 6.07 Å². The van der Waals surface area contributed by atoms with Crippen LogP contribution in [0.3, 0.4) is 0 Å². The minimum atomic E-state index is -0.488. The van der Waals surface area contributed by atoms with Crippen LogP contribution in [-0.4, -0.2) is 0 Å². The molecule has 2 N–H and O–H groups in total. The molecule has 0 unspecified atom stereocenters. The van der Waals surface area contributed by atoms with Gasteiger partial charge in [-0.15, -0.1) is 0 Å². The first-order chi connectivity index (χ1) is 8.13. The lowest BCUT2D eigenvalue weighted by Crippen LogP contribution is -2.00. The van der Waals surface area contributed by atoms with Crippen molar-refractivity contribution < 1.29 is 8.78 Å². The van der Waals surface area contributed by atoms with Crippen molar-refractivity contribution in [3.8, 4) is 11.1 Å². The van der Waals surface area contributed by atoms with E-state index in [1.165, 1.54) is 30.3 Å². The fourth-order valence-electron chi connectivity index (χ4n) is 1.71. The molecule has 0 heterocycles. The Morgan fingerprint density at radius 1 is 1.12 bits per heavy atom. The number of nitrogens with two attached hydrogens (primary N) is 1. The van der Waals surface area contributed by atoms with Gasteiger partial charge in [0, 0.05) is 12.1 Å². The maximum atomic E-state index is 13.7. The van der Waals surface area contributed by atoms with Gasteiger partial charge >= 0.3 is 0 Å². The summed E-state index contributed by atoms with van der Waals surface area (Å²) in [4.78, 5) is 0. The van der Waals surface area contributed by atoms with Gasteiger partial charge in [-0.3, -0.25) is 0 Å². The van der Waals surface area contributed by atoms with Gasteiger partial charge in [0.1, 0.15) is 11.6 Å². The maximum absolute atomic E-state index is 13.7. The fraction of sp³-hybridized carbons (Fsp3) is 0.0769. The van der Waals surface area contributed by atoms with Crippen LogP contribution in [0.25, 0.3) is 11.1 Å². The molecule has 0 amide bonds. The highest BCUT2D eigenvalue weighted by atomic mass is 35.5. The topological polar surface area (TPSA) is 26.0 Å². The highest BCUT2D eigenvalue weighted by molar-refractivity contribution is 6.33. The van der Waals surface area contributed by atoms with Crippen molar-refractivity contribution in [1.29, 1.82) is 0 Å². The molecule has 0 radical (unpaired) electrons. The van der Waals surface area contributed by atoms with Crippen LogP contribution in [0.2, 0.25) is 5.02 Å². The summed E-state index contributed by atoms with van der Waals surface area (Å²) in [6.45, 7) is 0.195. The molecule has 0 bridgehead atoms. The van der Waals surface area contributed by atoms with Crippen LogP contribution in [-0.2, 0) is 6.54 Å². The monoisotopic (exact) mass is 253 g/mol. The Balaban J connectivity index is 2.71. The Kier molecular flexibility index (Phi) is 3.41. The van der Waals surface area contributed by atoms with Crippen LogP contribution in [0.1, 0.15) is 5.56 Å². The molecule has 0 atom stereocenters. The van der Waals surface area contributed by atoms with E-state index in [2.05, 4.69) is 0 Å². The predicted octanol–water partition coefficient (Wildman–Crippen LogP) is 3.74. The summed E-state index contributed by atoms with van der Waals surface area (Å²) in [5, 5.41) is 0.241. The second kappa shape index (κ2) is 4.82. The fourth-order valence-corrected chi connectivity index (χ4v) is 1.98. The number of hydrogen-bond donors (Lipinski definition) is 1. The molecule has 0 saturated heterocycles. The first-order valence-corrected chi connectivity index (χ1v) is 5.44. The van der Waals surface area contributed by atoms with Crippen LogP contribution < -0.4 is 5.73 Å². The average Bonchev–Trinajstić information content (AvgIpc) is 2.29. The van der Waals surface area contributed by atoms with Crippen LogP contribution in [0.4, 0.5) is 8.78 Å². The van der Waals surface area contributed by atoms with Crippen molar-refractivity contribution in [1.82, 2.24) is 0 Å². The molecule has 0 saturated carbocycles. The summed E-state index contributed by atoms with van der Waals surface area (Å²) in [6, 6.07) is 8.42. The Bertz CT molecular complexity index is 535. The summed E-state index contributed by atoms with van der Waals surface area (Å²) >= 11 is 5.94. The van der Waals surface area contributed by atoms with E-state index in [0.717, 1.165) is 0 Å². The zero-order valence-corrected chi connectivity index (χ0v) is 9.64. The van der Waals surface area contributed by atoms with Crippen molar-refractivity contribution in [3.63, 3.8) is 0 Å². The van der Waals surface area contributed by atoms with Crippen LogP contribution >= 0.6 is 11.6 Å². The zero-order valence-electron chi connectivity index (χ0n) is 8.88. The summed E-state index contributed by atoms with van der Waals surface area (Å²) in [5.41, 5.74) is 6.79. The van der Waals surface area contributed by atoms with Crippen LogP contribution in [0, 0.1) is 11.6 Å². The van der Waals surface area contributed by atoms with Crippen molar-refractivity contribution in [2.24, 2.45) is 5.73 Å². The smallest absolute Gasteiger partial charge is 0.132 e. The summed E-state index contributed by atoms with van der Waals surface area (Å²) in [6.07, 6.45) is 0. The Morgan fingerprint density at radius 2 is 1.88 bits per heavy atom. The quantitative estimate of drug-likeness (QED) is 0.867. The van der Waals surface area contributed by atoms with E-state index in [9.17, 15) is 8.78 Å². The molecule has 4 heteroatoms. The van der Waals surface area contributed by atoms with Gasteiger partial charge in [-0.1, -0.05) is 23.7 Å². The van der Waals surface area contributed by atoms with Crippen molar-refractivity contribution in [2.75, 3.05) is 0 Å². The maximum Gasteiger partial charge on any atom is 0.132 e. The van der Waals surface area contributed by atoms with E-state index >= 15 is 0 Å². The van der Waals surface area contributed by atoms with Gasteiger partial charge in [-0.2, -0.15) is 0 Å². The van der Waals surface area contributed by atoms with Gasteiger partial charge < -0.3 is 5.73 Å². The van der Waals surface area contributed by atoms with Crippen molar-refractivity contribution in [2.45, 2.75) is 6.54 Å². The molecule has 2 rings (SSSR count). The first kappa shape index (κ1) is 12.0. The molecular weight excluding hydrogens is 244 g/mol. The van der Waals surface area contributed by atoms with Crippen molar-refractivity contribution in [3.05, 3.63) is 58.6 Å². The highest BCUT2D eigenvalue weighted by Crippen LogP contribution is 2.33. The van der Waals surface area contributed by atoms with E-state index in [1.807, 2.05) is 0 Å². The summed E-state index contributed by atoms with van der Waals surface area (Å²) in [7, 11) is 0. The average molecular weight is 254 g/mol. The molecule has 0 fully saturated rings. The summed E-state index contributed by atoms with van der Waals surface area (Å²) in [5.74, 6) is -0.936. The van der Waals surface area contributed by atoms with E-state index in [-0.39, 0.29) is 17.1 Å². The zero-order chi connectivity index (χ0) is 12.4. The van der Waals surface area contributed by atoms with E-state index < -0.39 is 11.6 Å². The van der Waals surface area contributed by atoms with E-state index in [0.29, 0.717) is 11.1 Å². The SMILES string of the molecule is NCc1ccc(F)cc1-c1c(F)cccc1Cl. The molecule has 0 aromatic heterocycles. The number of rotatable bonds is 2. The highest BCUT2D eigenvalue weighted by Gasteiger charge is 2.13. The molecule has 0 spiro atoms. The Hall–Kier alpha value is -1.45. The minimum absolute atomic E-state index is 0.189. The third-order valence-corrected chi connectivity index (χ3v) is 2.84. The lowest BCUT2D eigenvalue weighted by atomic mass is 9.99. The van der Waals surface area contributed by atoms with Gasteiger partial charge in [0.05, 0.1) is 5.02 Å². The van der Waals surface area contributed by atoms with Gasteiger partial charge in [0.25, 0.3) is 0 Å². The number of halogens is 3. The second-order valence-electron chi connectivity index (χ2n) is 3.60. The summed E-state index contributed by atoms with van der Waals surface area (Å²) < 4.78 is 27.0. The van der Waals surface area contributed by atoms with Crippen molar-refractivity contribution >= 4 is 11.6 Å². The van der Waals surface area contributed by atoms with Crippen LogP contribution in [0.15, 0.2) is 36.4 Å². The standard InChI is InChI=1S/C13H10ClF2N/c14-11-2-1-3-12(16)13(11)10-6-9(15)5-4-8(10)7-17/h1-6H,7,17H2. The molecule has 0 aliphatic heterocycles. The number of hydrogen-bond acceptors (Lipinski definition) is 1. The molecule has 0 aliphatic rings. The first-order valence-electron chi connectivity index (χ1n) is 5.06.